The van der Waals surface area contributed by atoms with Crippen LogP contribution in [-0.2, 0) is 4.79 Å². The maximum atomic E-state index is 12.3. The Morgan fingerprint density at radius 3 is 2.45 bits per heavy atom. The van der Waals surface area contributed by atoms with Gasteiger partial charge < -0.3 is 10.2 Å². The third-order valence-corrected chi connectivity index (χ3v) is 5.25. The lowest BCUT2D eigenvalue weighted by Crippen LogP contribution is -2.21. The highest BCUT2D eigenvalue weighted by atomic mass is 32.2. The van der Waals surface area contributed by atoms with E-state index in [4.69, 9.17) is 0 Å². The van der Waals surface area contributed by atoms with Gasteiger partial charge in [0.05, 0.1) is 11.4 Å². The molecule has 0 atom stereocenters. The van der Waals surface area contributed by atoms with Gasteiger partial charge in [0.15, 0.2) is 0 Å². The Labute approximate surface area is 173 Å². The van der Waals surface area contributed by atoms with Gasteiger partial charge in [-0.25, -0.2) is 0 Å². The summed E-state index contributed by atoms with van der Waals surface area (Å²) in [5.74, 6) is -0.114. The summed E-state index contributed by atoms with van der Waals surface area (Å²) in [6.45, 7) is 4.07. The van der Waals surface area contributed by atoms with E-state index < -0.39 is 0 Å². The average molecular weight is 411 g/mol. The maximum absolute atomic E-state index is 12.3. The summed E-state index contributed by atoms with van der Waals surface area (Å²) in [7, 11) is 3.39. The molecule has 0 unspecified atom stereocenters. The topological polar surface area (TPSA) is 93.0 Å². The molecular weight excluding hydrogens is 388 g/mol. The summed E-state index contributed by atoms with van der Waals surface area (Å²) in [4.78, 5) is 25.7. The number of nitrogens with one attached hydrogen (secondary N) is 1. The van der Waals surface area contributed by atoms with Crippen molar-refractivity contribution in [2.75, 3.05) is 25.2 Å². The van der Waals surface area contributed by atoms with Crippen molar-refractivity contribution in [3.8, 4) is 5.69 Å². The molecule has 0 saturated heterocycles. The zero-order valence-corrected chi connectivity index (χ0v) is 17.5. The molecule has 0 aliphatic heterocycles. The molecule has 9 heteroatoms. The van der Waals surface area contributed by atoms with Crippen LogP contribution in [0.1, 0.15) is 21.5 Å². The van der Waals surface area contributed by atoms with E-state index in [1.165, 1.54) is 22.2 Å². The molecule has 0 radical (unpaired) electrons. The second-order valence-electron chi connectivity index (χ2n) is 6.76. The number of nitrogens with zero attached hydrogens (tertiary/aromatic N) is 5. The Bertz CT molecular complexity index is 1030. The van der Waals surface area contributed by atoms with E-state index in [9.17, 15) is 9.59 Å². The maximum Gasteiger partial charge on any atom is 0.253 e. The molecule has 150 valence electrons. The number of amides is 2. The minimum absolute atomic E-state index is 0.0865. The number of aryl methyl sites for hydroxylation is 2. The molecule has 0 saturated carbocycles. The van der Waals surface area contributed by atoms with Crippen molar-refractivity contribution in [1.29, 1.82) is 0 Å². The molecule has 3 rings (SSSR count). The van der Waals surface area contributed by atoms with E-state index in [0.717, 1.165) is 11.3 Å². The molecule has 2 amide bonds. The fourth-order valence-corrected chi connectivity index (χ4v) is 3.26. The molecular formula is C20H22N6O2S. The number of carbonyl (C=O) groups excluding carboxylic acids is 2. The standard InChI is InChI=1S/C20H22N6O2S/c1-13-5-10-17(11-14(13)2)26-20(22-23-24-26)29-12-18(27)21-16-8-6-15(7-9-16)19(28)25(3)4/h5-11H,12H2,1-4H3,(H,21,27). The fraction of sp³-hybridized carbons (Fsp3) is 0.250. The summed E-state index contributed by atoms with van der Waals surface area (Å²) >= 11 is 1.25. The second-order valence-corrected chi connectivity index (χ2v) is 7.70. The Balaban J connectivity index is 1.61. The third-order valence-electron chi connectivity index (χ3n) is 4.33. The molecule has 0 fully saturated rings. The summed E-state index contributed by atoms with van der Waals surface area (Å²) in [5, 5.41) is 15.1. The lowest BCUT2D eigenvalue weighted by Gasteiger charge is -2.11. The van der Waals surface area contributed by atoms with E-state index in [1.807, 2.05) is 32.0 Å². The number of hydrogen-bond acceptors (Lipinski definition) is 6. The van der Waals surface area contributed by atoms with Crippen molar-refractivity contribution in [2.45, 2.75) is 19.0 Å². The lowest BCUT2D eigenvalue weighted by atomic mass is 10.1. The SMILES string of the molecule is Cc1ccc(-n2nnnc2SCC(=O)Nc2ccc(C(=O)N(C)C)cc2)cc1C. The summed E-state index contributed by atoms with van der Waals surface area (Å²) in [6, 6.07) is 12.7. The first-order chi connectivity index (χ1) is 13.8. The number of benzene rings is 2. The van der Waals surface area contributed by atoms with Gasteiger partial charge in [0, 0.05) is 25.3 Å². The van der Waals surface area contributed by atoms with Crippen LogP contribution in [0.5, 0.6) is 0 Å². The average Bonchev–Trinajstić information content (AvgIpc) is 3.17. The number of anilines is 1. The Kier molecular flexibility index (Phi) is 6.28. The monoisotopic (exact) mass is 410 g/mol. The second kappa shape index (κ2) is 8.87. The van der Waals surface area contributed by atoms with E-state index in [-0.39, 0.29) is 17.6 Å². The van der Waals surface area contributed by atoms with E-state index in [2.05, 4.69) is 20.8 Å². The molecule has 1 N–H and O–H groups in total. The minimum Gasteiger partial charge on any atom is -0.345 e. The van der Waals surface area contributed by atoms with Crippen LogP contribution in [0.25, 0.3) is 5.69 Å². The van der Waals surface area contributed by atoms with Crippen LogP contribution in [0.15, 0.2) is 47.6 Å². The van der Waals surface area contributed by atoms with Gasteiger partial charge in [0.1, 0.15) is 0 Å². The van der Waals surface area contributed by atoms with Crippen molar-refractivity contribution >= 4 is 29.3 Å². The van der Waals surface area contributed by atoms with E-state index in [0.29, 0.717) is 16.4 Å². The third kappa shape index (κ3) is 5.00. The number of rotatable bonds is 6. The first-order valence-electron chi connectivity index (χ1n) is 8.95. The molecule has 1 heterocycles. The van der Waals surface area contributed by atoms with Crippen LogP contribution in [0.4, 0.5) is 5.69 Å². The Hall–Kier alpha value is -3.20. The number of aromatic nitrogens is 4. The van der Waals surface area contributed by atoms with Crippen molar-refractivity contribution < 1.29 is 9.59 Å². The van der Waals surface area contributed by atoms with Gasteiger partial charge in [0.25, 0.3) is 5.91 Å². The Morgan fingerprint density at radius 1 is 1.07 bits per heavy atom. The molecule has 0 aliphatic carbocycles. The molecule has 0 bridgehead atoms. The van der Waals surface area contributed by atoms with Gasteiger partial charge in [0.2, 0.25) is 11.1 Å². The van der Waals surface area contributed by atoms with E-state index in [1.54, 1.807) is 43.0 Å². The van der Waals surface area contributed by atoms with Crippen molar-refractivity contribution in [2.24, 2.45) is 0 Å². The van der Waals surface area contributed by atoms with Gasteiger partial charge >= 0.3 is 0 Å². The van der Waals surface area contributed by atoms with Crippen LogP contribution in [0, 0.1) is 13.8 Å². The smallest absolute Gasteiger partial charge is 0.253 e. The first kappa shape index (κ1) is 20.5. The molecule has 8 nitrogen and oxygen atoms in total. The zero-order chi connectivity index (χ0) is 21.0. The highest BCUT2D eigenvalue weighted by Crippen LogP contribution is 2.20. The van der Waals surface area contributed by atoms with Gasteiger partial charge in [-0.1, -0.05) is 17.8 Å². The normalized spacial score (nSPS) is 10.6. The fourth-order valence-electron chi connectivity index (χ4n) is 2.57. The van der Waals surface area contributed by atoms with Crippen LogP contribution in [0.3, 0.4) is 0 Å². The van der Waals surface area contributed by atoms with Crippen molar-refractivity contribution in [3.63, 3.8) is 0 Å². The molecule has 0 aliphatic rings. The van der Waals surface area contributed by atoms with Crippen LogP contribution < -0.4 is 5.32 Å². The summed E-state index contributed by atoms with van der Waals surface area (Å²) in [5.41, 5.74) is 4.37. The molecule has 29 heavy (non-hydrogen) atoms. The van der Waals surface area contributed by atoms with Crippen molar-refractivity contribution in [3.05, 3.63) is 59.2 Å². The first-order valence-corrected chi connectivity index (χ1v) is 9.94. The van der Waals surface area contributed by atoms with Crippen molar-refractivity contribution in [1.82, 2.24) is 25.1 Å². The van der Waals surface area contributed by atoms with Crippen LogP contribution in [-0.4, -0.2) is 56.8 Å². The van der Waals surface area contributed by atoms with E-state index >= 15 is 0 Å². The molecule has 2 aromatic carbocycles. The van der Waals surface area contributed by atoms with Gasteiger partial charge in [-0.15, -0.1) is 5.10 Å². The zero-order valence-electron chi connectivity index (χ0n) is 16.7. The quantitative estimate of drug-likeness (QED) is 0.628. The summed E-state index contributed by atoms with van der Waals surface area (Å²) in [6.07, 6.45) is 0. The number of carbonyl (C=O) groups is 2. The van der Waals surface area contributed by atoms with Gasteiger partial charge in [-0.3, -0.25) is 9.59 Å². The highest BCUT2D eigenvalue weighted by Gasteiger charge is 2.13. The molecule has 3 aromatic rings. The van der Waals surface area contributed by atoms with Gasteiger partial charge in [-0.05, 0) is 71.8 Å². The van der Waals surface area contributed by atoms with Crippen LogP contribution >= 0.6 is 11.8 Å². The van der Waals surface area contributed by atoms with Crippen LogP contribution in [0.2, 0.25) is 0 Å². The molecule has 1 aromatic heterocycles. The lowest BCUT2D eigenvalue weighted by molar-refractivity contribution is -0.113. The predicted octanol–water partition coefficient (Wildman–Crippen LogP) is 2.71. The molecule has 0 spiro atoms. The predicted molar refractivity (Wildman–Crippen MR) is 112 cm³/mol. The Morgan fingerprint density at radius 2 is 1.79 bits per heavy atom. The van der Waals surface area contributed by atoms with Gasteiger partial charge in [-0.2, -0.15) is 4.68 Å². The number of tetrazole rings is 1. The number of hydrogen-bond donors (Lipinski definition) is 1. The highest BCUT2D eigenvalue weighted by molar-refractivity contribution is 7.99. The minimum atomic E-state index is -0.184. The number of thioether (sulfide) groups is 1. The summed E-state index contributed by atoms with van der Waals surface area (Å²) < 4.78 is 1.62. The largest absolute Gasteiger partial charge is 0.345 e.